The Kier molecular flexibility index (Phi) is 3.71. The summed E-state index contributed by atoms with van der Waals surface area (Å²) in [7, 11) is -2.33. The van der Waals surface area contributed by atoms with Gasteiger partial charge in [-0.25, -0.2) is 0 Å². The largest absolute Gasteiger partial charge is 0.499 e. The van der Waals surface area contributed by atoms with Gasteiger partial charge in [-0.05, 0) is 12.1 Å². The quantitative estimate of drug-likeness (QED) is 0.740. The zero-order valence-electron chi connectivity index (χ0n) is 6.60. The highest BCUT2D eigenvalue weighted by molar-refractivity contribution is 7.61. The van der Waals surface area contributed by atoms with Gasteiger partial charge < -0.3 is 10.4 Å². The van der Waals surface area contributed by atoms with E-state index >= 15 is 0 Å². The maximum absolute atomic E-state index is 9.98. The van der Waals surface area contributed by atoms with Crippen molar-refractivity contribution in [3.63, 3.8) is 0 Å². The summed E-state index contributed by atoms with van der Waals surface area (Å²) in [6.07, 6.45) is 0. The Morgan fingerprint density at radius 3 is 2.85 bits per heavy atom. The van der Waals surface area contributed by atoms with Gasteiger partial charge in [-0.2, -0.15) is 12.8 Å². The van der Waals surface area contributed by atoms with Crippen molar-refractivity contribution in [2.24, 2.45) is 4.36 Å². The summed E-state index contributed by atoms with van der Waals surface area (Å²) in [5, 5.41) is 12.9. The number of hydrogen-bond donors (Lipinski definition) is 2. The van der Waals surface area contributed by atoms with Crippen molar-refractivity contribution in [2.75, 3.05) is 18.4 Å². The lowest BCUT2D eigenvalue weighted by molar-refractivity contribution is 0.491. The molecule has 0 fully saturated rings. The predicted molar refractivity (Wildman–Crippen MR) is 50.7 cm³/mol. The zero-order valence-corrected chi connectivity index (χ0v) is 8.23. The van der Waals surface area contributed by atoms with Crippen molar-refractivity contribution >= 4 is 26.8 Å². The van der Waals surface area contributed by atoms with E-state index in [1.165, 1.54) is 11.3 Å². The monoisotopic (exact) mass is 220 g/mol. The van der Waals surface area contributed by atoms with Crippen LogP contribution in [-0.4, -0.2) is 26.6 Å². The third-order valence-corrected chi connectivity index (χ3v) is 2.44. The van der Waals surface area contributed by atoms with Crippen molar-refractivity contribution in [2.45, 2.75) is 0 Å². The van der Waals surface area contributed by atoms with Crippen LogP contribution in [-0.2, 0) is 10.5 Å². The molecule has 7 heteroatoms. The molecule has 0 atom stereocenters. The molecule has 5 nitrogen and oxygen atoms in total. The highest BCUT2D eigenvalue weighted by Gasteiger charge is 1.95. The van der Waals surface area contributed by atoms with E-state index in [-0.39, 0.29) is 11.6 Å². The fourth-order valence-corrected chi connectivity index (χ4v) is 1.63. The second kappa shape index (κ2) is 4.83. The zero-order chi connectivity index (χ0) is 9.68. The van der Waals surface area contributed by atoms with Crippen LogP contribution in [0.4, 0.5) is 5.00 Å². The number of nitrogens with one attached hydrogen (secondary N) is 1. The highest BCUT2D eigenvalue weighted by atomic mass is 32.2. The molecule has 0 amide bonds. The van der Waals surface area contributed by atoms with Gasteiger partial charge in [0.05, 0.1) is 11.5 Å². The van der Waals surface area contributed by atoms with Crippen LogP contribution in [0.25, 0.3) is 0 Å². The Labute approximate surface area is 80.7 Å². The van der Waals surface area contributed by atoms with E-state index in [1.54, 1.807) is 12.1 Å². The van der Waals surface area contributed by atoms with E-state index in [1.807, 2.05) is 0 Å². The second-order valence-corrected chi connectivity index (χ2v) is 3.89. The van der Waals surface area contributed by atoms with Gasteiger partial charge in [0.15, 0.2) is 5.06 Å². The van der Waals surface area contributed by atoms with Gasteiger partial charge in [-0.15, -0.1) is 0 Å². The van der Waals surface area contributed by atoms with Crippen molar-refractivity contribution in [3.05, 3.63) is 12.1 Å². The molecule has 0 aliphatic rings. The van der Waals surface area contributed by atoms with Gasteiger partial charge in [0.2, 0.25) is 0 Å². The number of rotatable bonds is 4. The highest BCUT2D eigenvalue weighted by Crippen LogP contribution is 2.26. The lowest BCUT2D eigenvalue weighted by Gasteiger charge is -1.96. The predicted octanol–water partition coefficient (Wildman–Crippen LogP) is 0.928. The Balaban J connectivity index is 2.32. The smallest absolute Gasteiger partial charge is 0.311 e. The Morgan fingerprint density at radius 1 is 1.54 bits per heavy atom. The first-order valence-corrected chi connectivity index (χ1v) is 5.33. The summed E-state index contributed by atoms with van der Waals surface area (Å²) in [5.74, 6) is 0. The molecule has 0 unspecified atom stereocenters. The molecule has 1 rings (SSSR count). The van der Waals surface area contributed by atoms with Gasteiger partial charge in [-0.3, -0.25) is 0 Å². The number of anilines is 1. The van der Waals surface area contributed by atoms with Gasteiger partial charge >= 0.3 is 10.5 Å². The van der Waals surface area contributed by atoms with E-state index in [9.17, 15) is 8.42 Å². The molecule has 13 heavy (non-hydrogen) atoms. The molecule has 0 saturated heterocycles. The van der Waals surface area contributed by atoms with Crippen LogP contribution in [0.1, 0.15) is 0 Å². The molecule has 0 aromatic carbocycles. The minimum absolute atomic E-state index is 0.203. The first-order chi connectivity index (χ1) is 6.18. The van der Waals surface area contributed by atoms with Crippen LogP contribution in [0.5, 0.6) is 5.06 Å². The molecule has 0 saturated carbocycles. The van der Waals surface area contributed by atoms with Crippen molar-refractivity contribution < 1.29 is 13.5 Å². The molecule has 0 radical (unpaired) electrons. The Morgan fingerprint density at radius 2 is 2.31 bits per heavy atom. The van der Waals surface area contributed by atoms with E-state index in [0.717, 1.165) is 5.00 Å². The molecule has 1 heterocycles. The Hall–Kier alpha value is -1.08. The summed E-state index contributed by atoms with van der Waals surface area (Å²) in [6.45, 7) is 0.642. The van der Waals surface area contributed by atoms with Crippen LogP contribution in [0.15, 0.2) is 16.5 Å². The SMILES string of the molecule is O=S(=O)=NCCNc1ccc(O)s1. The van der Waals surface area contributed by atoms with E-state index in [4.69, 9.17) is 5.11 Å². The van der Waals surface area contributed by atoms with Crippen molar-refractivity contribution in [1.29, 1.82) is 0 Å². The van der Waals surface area contributed by atoms with Gasteiger partial charge in [0.25, 0.3) is 0 Å². The van der Waals surface area contributed by atoms with Crippen LogP contribution in [0.2, 0.25) is 0 Å². The molecule has 0 bridgehead atoms. The van der Waals surface area contributed by atoms with E-state index in [0.29, 0.717) is 6.54 Å². The van der Waals surface area contributed by atoms with E-state index in [2.05, 4.69) is 9.68 Å². The molecule has 2 N–H and O–H groups in total. The number of nitrogens with zero attached hydrogens (tertiary/aromatic N) is 1. The minimum atomic E-state index is -2.33. The molecule has 0 aliphatic heterocycles. The summed E-state index contributed by atoms with van der Waals surface area (Å²) in [6, 6.07) is 3.28. The third-order valence-electron chi connectivity index (χ3n) is 1.20. The van der Waals surface area contributed by atoms with Crippen LogP contribution < -0.4 is 5.32 Å². The van der Waals surface area contributed by atoms with Crippen molar-refractivity contribution in [3.8, 4) is 5.06 Å². The Bertz CT molecular complexity index is 388. The van der Waals surface area contributed by atoms with Crippen LogP contribution in [0, 0.1) is 0 Å². The maximum Gasteiger partial charge on any atom is 0.311 e. The minimum Gasteiger partial charge on any atom is -0.499 e. The molecule has 0 spiro atoms. The normalized spacial score (nSPS) is 9.54. The first kappa shape index (κ1) is 10.0. The summed E-state index contributed by atoms with van der Waals surface area (Å²) >= 11 is 1.20. The number of aromatic hydroxyl groups is 1. The van der Waals surface area contributed by atoms with Crippen molar-refractivity contribution in [1.82, 2.24) is 0 Å². The number of thiophene rings is 1. The third kappa shape index (κ3) is 3.90. The fraction of sp³-hybridized carbons (Fsp3) is 0.333. The maximum atomic E-state index is 9.98. The standard InChI is InChI=1S/C6H8N2O3S2/c9-6-2-1-5(12-6)7-3-4-8-13(10)11/h1-2,7,9H,3-4H2. The molecule has 1 aromatic rings. The fourth-order valence-electron chi connectivity index (χ4n) is 0.722. The van der Waals surface area contributed by atoms with E-state index < -0.39 is 10.5 Å². The average molecular weight is 220 g/mol. The molecular formula is C6H8N2O3S2. The summed E-state index contributed by atoms with van der Waals surface area (Å²) in [5.41, 5.74) is 0. The average Bonchev–Trinajstić information content (AvgIpc) is 2.45. The second-order valence-electron chi connectivity index (χ2n) is 2.13. The first-order valence-electron chi connectivity index (χ1n) is 3.48. The molecular weight excluding hydrogens is 212 g/mol. The van der Waals surface area contributed by atoms with Crippen LogP contribution >= 0.6 is 11.3 Å². The van der Waals surface area contributed by atoms with Gasteiger partial charge in [0.1, 0.15) is 0 Å². The summed E-state index contributed by atoms with van der Waals surface area (Å²) < 4.78 is 23.2. The molecule has 72 valence electrons. The molecule has 0 aliphatic carbocycles. The lowest BCUT2D eigenvalue weighted by atomic mass is 10.6. The lowest BCUT2D eigenvalue weighted by Crippen LogP contribution is -2.02. The number of hydrogen-bond acceptors (Lipinski definition) is 6. The topological polar surface area (TPSA) is 78.8 Å². The van der Waals surface area contributed by atoms with Gasteiger partial charge in [-0.1, -0.05) is 11.3 Å². The summed E-state index contributed by atoms with van der Waals surface area (Å²) in [4.78, 5) is 0. The van der Waals surface area contributed by atoms with Gasteiger partial charge in [0, 0.05) is 6.54 Å². The molecule has 1 aromatic heterocycles. The van der Waals surface area contributed by atoms with Crippen LogP contribution in [0.3, 0.4) is 0 Å².